The highest BCUT2D eigenvalue weighted by Crippen LogP contribution is 2.22. The van der Waals surface area contributed by atoms with Gasteiger partial charge in [0.2, 0.25) is 9.84 Å². The van der Waals surface area contributed by atoms with Gasteiger partial charge < -0.3 is 4.74 Å². The van der Waals surface area contributed by atoms with E-state index in [9.17, 15) is 16.8 Å². The van der Waals surface area contributed by atoms with Gasteiger partial charge in [0.25, 0.3) is 0 Å². The SMILES string of the molecule is CS(=O)(=O)c1ccccc1S(=O)(=O)COCc1ccccc1. The van der Waals surface area contributed by atoms with Crippen molar-refractivity contribution in [3.8, 4) is 0 Å². The van der Waals surface area contributed by atoms with Crippen LogP contribution in [-0.2, 0) is 31.0 Å². The lowest BCUT2D eigenvalue weighted by molar-refractivity contribution is 0.163. The van der Waals surface area contributed by atoms with E-state index in [-0.39, 0.29) is 16.4 Å². The molecule has 0 aliphatic carbocycles. The summed E-state index contributed by atoms with van der Waals surface area (Å²) in [6, 6.07) is 14.7. The fourth-order valence-electron chi connectivity index (χ4n) is 1.92. The smallest absolute Gasteiger partial charge is 0.203 e. The maximum absolute atomic E-state index is 12.3. The van der Waals surface area contributed by atoms with Gasteiger partial charge in [0.15, 0.2) is 15.8 Å². The third kappa shape index (κ3) is 4.16. The van der Waals surface area contributed by atoms with Gasteiger partial charge in [0.05, 0.1) is 16.4 Å². The van der Waals surface area contributed by atoms with Crippen LogP contribution in [0.1, 0.15) is 5.56 Å². The number of hydrogen-bond donors (Lipinski definition) is 0. The summed E-state index contributed by atoms with van der Waals surface area (Å²) in [7, 11) is -7.47. The zero-order chi connectivity index (χ0) is 16.2. The number of ether oxygens (including phenoxy) is 1. The van der Waals surface area contributed by atoms with Gasteiger partial charge in [-0.1, -0.05) is 42.5 Å². The Kier molecular flexibility index (Phi) is 5.00. The average Bonchev–Trinajstić information content (AvgIpc) is 2.47. The van der Waals surface area contributed by atoms with Crippen molar-refractivity contribution >= 4 is 19.7 Å². The minimum absolute atomic E-state index is 0.140. The van der Waals surface area contributed by atoms with E-state index in [4.69, 9.17) is 4.74 Å². The number of rotatable bonds is 6. The summed E-state index contributed by atoms with van der Waals surface area (Å²) >= 11 is 0. The predicted molar refractivity (Wildman–Crippen MR) is 82.8 cm³/mol. The topological polar surface area (TPSA) is 77.5 Å². The Morgan fingerprint density at radius 1 is 0.818 bits per heavy atom. The van der Waals surface area contributed by atoms with Crippen LogP contribution in [-0.4, -0.2) is 29.0 Å². The molecule has 0 atom stereocenters. The second-order valence-corrected chi connectivity index (χ2v) is 8.67. The molecule has 0 unspecified atom stereocenters. The Hall–Kier alpha value is -1.70. The van der Waals surface area contributed by atoms with Gasteiger partial charge in [-0.25, -0.2) is 16.8 Å². The van der Waals surface area contributed by atoms with E-state index >= 15 is 0 Å². The highest BCUT2D eigenvalue weighted by Gasteiger charge is 2.23. The predicted octanol–water partition coefficient (Wildman–Crippen LogP) is 2.04. The Bertz CT molecular complexity index is 841. The molecule has 0 amide bonds. The molecule has 0 aliphatic heterocycles. The first-order chi connectivity index (χ1) is 10.3. The van der Waals surface area contributed by atoms with E-state index in [1.807, 2.05) is 30.3 Å². The Morgan fingerprint density at radius 3 is 1.95 bits per heavy atom. The molecule has 0 radical (unpaired) electrons. The molecule has 0 saturated heterocycles. The maximum atomic E-state index is 12.3. The third-order valence-corrected chi connectivity index (χ3v) is 5.72. The highest BCUT2D eigenvalue weighted by molar-refractivity contribution is 7.94. The van der Waals surface area contributed by atoms with Crippen molar-refractivity contribution in [3.05, 3.63) is 60.2 Å². The van der Waals surface area contributed by atoms with Crippen LogP contribution in [0.4, 0.5) is 0 Å². The number of hydrogen-bond acceptors (Lipinski definition) is 5. The molecule has 0 heterocycles. The summed E-state index contributed by atoms with van der Waals surface area (Å²) in [5.74, 6) is -0.575. The quantitative estimate of drug-likeness (QED) is 0.804. The molecule has 0 aliphatic rings. The van der Waals surface area contributed by atoms with Gasteiger partial charge in [-0.3, -0.25) is 0 Å². The molecule has 0 fully saturated rings. The molecule has 7 heteroatoms. The van der Waals surface area contributed by atoms with Crippen molar-refractivity contribution in [1.82, 2.24) is 0 Å². The van der Waals surface area contributed by atoms with Gasteiger partial charge in [-0.05, 0) is 17.7 Å². The van der Waals surface area contributed by atoms with Crippen molar-refractivity contribution < 1.29 is 21.6 Å². The monoisotopic (exact) mass is 340 g/mol. The molecule has 2 rings (SSSR count). The molecular formula is C15H16O5S2. The van der Waals surface area contributed by atoms with Crippen LogP contribution in [0.2, 0.25) is 0 Å². The van der Waals surface area contributed by atoms with Crippen molar-refractivity contribution in [2.75, 3.05) is 12.2 Å². The zero-order valence-electron chi connectivity index (χ0n) is 12.0. The molecule has 22 heavy (non-hydrogen) atoms. The van der Waals surface area contributed by atoms with Crippen molar-refractivity contribution in [2.45, 2.75) is 16.4 Å². The van der Waals surface area contributed by atoms with Crippen molar-refractivity contribution in [1.29, 1.82) is 0 Å². The van der Waals surface area contributed by atoms with E-state index in [0.717, 1.165) is 11.8 Å². The van der Waals surface area contributed by atoms with Crippen LogP contribution >= 0.6 is 0 Å². The summed E-state index contributed by atoms with van der Waals surface area (Å²) in [6.07, 6.45) is 0.978. The highest BCUT2D eigenvalue weighted by atomic mass is 32.2. The van der Waals surface area contributed by atoms with E-state index < -0.39 is 25.6 Å². The summed E-state index contributed by atoms with van der Waals surface area (Å²) < 4.78 is 53.2. The summed E-state index contributed by atoms with van der Waals surface area (Å²) in [6.45, 7) is 0.140. The lowest BCUT2D eigenvalue weighted by atomic mass is 10.2. The minimum atomic E-state index is -3.85. The van der Waals surface area contributed by atoms with Crippen LogP contribution < -0.4 is 0 Å². The molecule has 0 spiro atoms. The molecule has 0 N–H and O–H groups in total. The Labute approximate surface area is 130 Å². The fourth-order valence-corrected chi connectivity index (χ4v) is 4.60. The van der Waals surface area contributed by atoms with E-state index in [2.05, 4.69) is 0 Å². The van der Waals surface area contributed by atoms with Crippen LogP contribution in [0.25, 0.3) is 0 Å². The van der Waals surface area contributed by atoms with Crippen LogP contribution in [0.15, 0.2) is 64.4 Å². The van der Waals surface area contributed by atoms with Crippen LogP contribution in [0.3, 0.4) is 0 Å². The molecule has 118 valence electrons. The molecule has 0 saturated carbocycles. The van der Waals surface area contributed by atoms with Gasteiger partial charge in [0, 0.05) is 6.26 Å². The maximum Gasteiger partial charge on any atom is 0.203 e. The number of sulfone groups is 2. The van der Waals surface area contributed by atoms with Crippen LogP contribution in [0.5, 0.6) is 0 Å². The van der Waals surface area contributed by atoms with Gasteiger partial charge in [-0.15, -0.1) is 0 Å². The molecular weight excluding hydrogens is 324 g/mol. The average molecular weight is 340 g/mol. The van der Waals surface area contributed by atoms with Gasteiger partial charge in [0.1, 0.15) is 0 Å². The van der Waals surface area contributed by atoms with E-state index in [1.165, 1.54) is 24.3 Å². The van der Waals surface area contributed by atoms with Crippen LogP contribution in [0, 0.1) is 0 Å². The second-order valence-electron chi connectivity index (χ2n) is 4.79. The Morgan fingerprint density at radius 2 is 1.36 bits per heavy atom. The van der Waals surface area contributed by atoms with Crippen molar-refractivity contribution in [2.24, 2.45) is 0 Å². The van der Waals surface area contributed by atoms with Crippen molar-refractivity contribution in [3.63, 3.8) is 0 Å². The number of benzene rings is 2. The summed E-state index contributed by atoms with van der Waals surface area (Å²) in [5.41, 5.74) is 0.842. The molecule has 2 aromatic carbocycles. The summed E-state index contributed by atoms with van der Waals surface area (Å²) in [5, 5.41) is 0. The molecule has 0 aromatic heterocycles. The van der Waals surface area contributed by atoms with E-state index in [0.29, 0.717) is 0 Å². The fraction of sp³-hybridized carbons (Fsp3) is 0.200. The lowest BCUT2D eigenvalue weighted by Crippen LogP contribution is -2.14. The first kappa shape index (κ1) is 16.7. The normalized spacial score (nSPS) is 12.2. The molecule has 2 aromatic rings. The third-order valence-electron chi connectivity index (χ3n) is 2.93. The zero-order valence-corrected chi connectivity index (χ0v) is 13.6. The molecule has 5 nitrogen and oxygen atoms in total. The standard InChI is InChI=1S/C15H16O5S2/c1-21(16,17)14-9-5-6-10-15(14)22(18,19)12-20-11-13-7-3-2-4-8-13/h2-10H,11-12H2,1H3. The Balaban J connectivity index is 2.18. The summed E-state index contributed by atoms with van der Waals surface area (Å²) in [4.78, 5) is -0.441. The van der Waals surface area contributed by atoms with Gasteiger partial charge >= 0.3 is 0 Å². The second kappa shape index (κ2) is 6.60. The first-order valence-electron chi connectivity index (χ1n) is 6.44. The minimum Gasteiger partial charge on any atom is -0.360 e. The molecule has 0 bridgehead atoms. The van der Waals surface area contributed by atoms with Gasteiger partial charge in [-0.2, -0.15) is 0 Å². The largest absolute Gasteiger partial charge is 0.360 e. The van der Waals surface area contributed by atoms with E-state index in [1.54, 1.807) is 0 Å². The first-order valence-corrected chi connectivity index (χ1v) is 9.98. The lowest BCUT2D eigenvalue weighted by Gasteiger charge is -2.09.